The third-order valence-electron chi connectivity index (χ3n) is 2.27. The molecule has 3 aromatic rings. The summed E-state index contributed by atoms with van der Waals surface area (Å²) in [6, 6.07) is 7.52. The van der Waals surface area contributed by atoms with Crippen molar-refractivity contribution in [3.8, 4) is 11.4 Å². The van der Waals surface area contributed by atoms with Crippen molar-refractivity contribution in [3.05, 3.63) is 30.6 Å². The largest absolute Gasteiger partial charge is 0.497 e. The third kappa shape index (κ3) is 1.31. The fourth-order valence-electron chi connectivity index (χ4n) is 1.48. The van der Waals surface area contributed by atoms with Crippen LogP contribution in [0.25, 0.3) is 17.0 Å². The van der Waals surface area contributed by atoms with Crippen molar-refractivity contribution in [1.29, 1.82) is 0 Å². The Labute approximate surface area is 90.9 Å². The van der Waals surface area contributed by atoms with E-state index in [0.29, 0.717) is 11.3 Å². The summed E-state index contributed by atoms with van der Waals surface area (Å²) in [5.74, 6) is 0.770. The van der Waals surface area contributed by atoms with Crippen LogP contribution in [0.4, 0.5) is 0 Å². The summed E-state index contributed by atoms with van der Waals surface area (Å²) in [5.41, 5.74) is 2.11. The van der Waals surface area contributed by atoms with E-state index < -0.39 is 0 Å². The zero-order valence-corrected chi connectivity index (χ0v) is 8.58. The molecule has 2 heterocycles. The number of ether oxygens (including phenoxy) is 1. The van der Waals surface area contributed by atoms with Crippen LogP contribution in [0, 0.1) is 0 Å². The van der Waals surface area contributed by atoms with Gasteiger partial charge in [-0.2, -0.15) is 0 Å². The number of nitrogens with one attached hydrogen (secondary N) is 1. The summed E-state index contributed by atoms with van der Waals surface area (Å²) in [6.07, 6.45) is 1.57. The van der Waals surface area contributed by atoms with E-state index >= 15 is 0 Å². The minimum absolute atomic E-state index is 0.600. The quantitative estimate of drug-likeness (QED) is 0.696. The molecule has 1 aromatic carbocycles. The van der Waals surface area contributed by atoms with Crippen molar-refractivity contribution in [2.75, 3.05) is 7.11 Å². The maximum absolute atomic E-state index is 5.14. The Morgan fingerprint density at radius 1 is 1.31 bits per heavy atom. The van der Waals surface area contributed by atoms with Crippen molar-refractivity contribution >= 4 is 11.3 Å². The molecule has 16 heavy (non-hydrogen) atoms. The highest BCUT2D eigenvalue weighted by Gasteiger charge is 2.06. The first-order chi connectivity index (χ1) is 7.86. The molecule has 0 radical (unpaired) electrons. The molecule has 0 saturated carbocycles. The molecule has 0 aliphatic carbocycles. The number of benzene rings is 1. The first-order valence-corrected chi connectivity index (χ1v) is 4.78. The molecule has 0 bridgehead atoms. The fraction of sp³-hybridized carbons (Fsp3) is 0.100. The Kier molecular flexibility index (Phi) is 1.86. The Hall–Kier alpha value is -2.37. The van der Waals surface area contributed by atoms with E-state index in [1.807, 2.05) is 24.3 Å². The van der Waals surface area contributed by atoms with Gasteiger partial charge in [-0.25, -0.2) is 4.98 Å². The van der Waals surface area contributed by atoms with Crippen LogP contribution in [0.2, 0.25) is 0 Å². The van der Waals surface area contributed by atoms with E-state index in [4.69, 9.17) is 4.74 Å². The number of fused-ring (bicyclic) bond motifs is 1. The van der Waals surface area contributed by atoms with Gasteiger partial charge in [0.25, 0.3) is 0 Å². The number of methoxy groups -OCH3 is 1. The predicted molar refractivity (Wildman–Crippen MR) is 57.6 cm³/mol. The number of hydrogen-bond acceptors (Lipinski definition) is 4. The number of imidazole rings is 1. The standard InChI is InChI=1S/C10H9N5O/c1-16-8-4-2-3-7(5-8)15-13-9-10(14-15)12-6-11-9/h2-6H,1H3,(H,11,12,13,14). The van der Waals surface area contributed by atoms with Crippen molar-refractivity contribution in [2.45, 2.75) is 0 Å². The number of rotatable bonds is 2. The highest BCUT2D eigenvalue weighted by molar-refractivity contribution is 5.63. The Morgan fingerprint density at radius 3 is 3.06 bits per heavy atom. The van der Waals surface area contributed by atoms with Gasteiger partial charge >= 0.3 is 0 Å². The molecule has 0 aliphatic rings. The van der Waals surface area contributed by atoms with Crippen LogP contribution >= 0.6 is 0 Å². The van der Waals surface area contributed by atoms with Gasteiger partial charge in [-0.05, 0) is 12.1 Å². The van der Waals surface area contributed by atoms with E-state index in [0.717, 1.165) is 11.4 Å². The van der Waals surface area contributed by atoms with E-state index in [-0.39, 0.29) is 0 Å². The second-order valence-electron chi connectivity index (χ2n) is 3.27. The smallest absolute Gasteiger partial charge is 0.220 e. The maximum Gasteiger partial charge on any atom is 0.220 e. The van der Waals surface area contributed by atoms with Crippen LogP contribution < -0.4 is 4.74 Å². The molecule has 2 aromatic heterocycles. The summed E-state index contributed by atoms with van der Waals surface area (Å²) >= 11 is 0. The highest BCUT2D eigenvalue weighted by Crippen LogP contribution is 2.15. The zero-order chi connectivity index (χ0) is 11.0. The van der Waals surface area contributed by atoms with Crippen LogP contribution in [-0.4, -0.2) is 32.1 Å². The number of aromatic amines is 1. The highest BCUT2D eigenvalue weighted by atomic mass is 16.5. The second-order valence-corrected chi connectivity index (χ2v) is 3.27. The molecule has 0 spiro atoms. The van der Waals surface area contributed by atoms with Gasteiger partial charge in [0.05, 0.1) is 19.1 Å². The molecule has 0 fully saturated rings. The third-order valence-corrected chi connectivity index (χ3v) is 2.27. The summed E-state index contributed by atoms with van der Waals surface area (Å²) in [4.78, 5) is 8.45. The van der Waals surface area contributed by atoms with Crippen molar-refractivity contribution in [2.24, 2.45) is 0 Å². The van der Waals surface area contributed by atoms with Gasteiger partial charge in [-0.15, -0.1) is 15.0 Å². The van der Waals surface area contributed by atoms with Crippen LogP contribution in [-0.2, 0) is 0 Å². The monoisotopic (exact) mass is 215 g/mol. The minimum Gasteiger partial charge on any atom is -0.497 e. The molecule has 0 atom stereocenters. The fourth-order valence-corrected chi connectivity index (χ4v) is 1.48. The molecule has 0 unspecified atom stereocenters. The number of nitrogens with zero attached hydrogens (tertiary/aromatic N) is 4. The van der Waals surface area contributed by atoms with Crippen LogP contribution in [0.3, 0.4) is 0 Å². The van der Waals surface area contributed by atoms with Crippen LogP contribution in [0.15, 0.2) is 30.6 Å². The molecular weight excluding hydrogens is 206 g/mol. The number of aromatic nitrogens is 5. The van der Waals surface area contributed by atoms with Gasteiger partial charge in [-0.1, -0.05) is 6.07 Å². The summed E-state index contributed by atoms with van der Waals surface area (Å²) < 4.78 is 5.14. The van der Waals surface area contributed by atoms with Gasteiger partial charge in [0, 0.05) is 6.07 Å². The zero-order valence-electron chi connectivity index (χ0n) is 8.58. The van der Waals surface area contributed by atoms with E-state index in [1.165, 1.54) is 4.80 Å². The van der Waals surface area contributed by atoms with Gasteiger partial charge in [-0.3, -0.25) is 0 Å². The number of H-pyrrole nitrogens is 1. The Morgan fingerprint density at radius 2 is 2.25 bits per heavy atom. The number of hydrogen-bond donors (Lipinski definition) is 1. The Balaban J connectivity index is 2.11. The first kappa shape index (κ1) is 8.90. The van der Waals surface area contributed by atoms with E-state index in [2.05, 4.69) is 20.2 Å². The van der Waals surface area contributed by atoms with E-state index in [9.17, 15) is 0 Å². The normalized spacial score (nSPS) is 10.8. The van der Waals surface area contributed by atoms with Gasteiger partial charge in [0.15, 0.2) is 0 Å². The lowest BCUT2D eigenvalue weighted by molar-refractivity contribution is 0.414. The molecule has 0 aliphatic heterocycles. The predicted octanol–water partition coefficient (Wildman–Crippen LogP) is 1.15. The lowest BCUT2D eigenvalue weighted by atomic mass is 10.3. The molecular formula is C10H9N5O. The van der Waals surface area contributed by atoms with Crippen LogP contribution in [0.1, 0.15) is 0 Å². The SMILES string of the molecule is COc1cccc(-n2nc3nc[nH]c3n2)c1. The van der Waals surface area contributed by atoms with Crippen LogP contribution in [0.5, 0.6) is 5.75 Å². The molecule has 0 saturated heterocycles. The molecule has 80 valence electrons. The summed E-state index contributed by atoms with van der Waals surface area (Å²) in [7, 11) is 1.63. The molecule has 6 nitrogen and oxygen atoms in total. The second kappa shape index (κ2) is 3.34. The van der Waals surface area contributed by atoms with E-state index in [1.54, 1.807) is 13.4 Å². The molecule has 3 rings (SSSR count). The molecule has 0 amide bonds. The van der Waals surface area contributed by atoms with Crippen molar-refractivity contribution in [1.82, 2.24) is 25.0 Å². The summed E-state index contributed by atoms with van der Waals surface area (Å²) in [5, 5.41) is 8.48. The summed E-state index contributed by atoms with van der Waals surface area (Å²) in [6.45, 7) is 0. The van der Waals surface area contributed by atoms with Gasteiger partial charge < -0.3 is 9.72 Å². The first-order valence-electron chi connectivity index (χ1n) is 4.78. The van der Waals surface area contributed by atoms with Gasteiger partial charge in [0.2, 0.25) is 11.3 Å². The van der Waals surface area contributed by atoms with Crippen molar-refractivity contribution < 1.29 is 4.74 Å². The van der Waals surface area contributed by atoms with Crippen molar-refractivity contribution in [3.63, 3.8) is 0 Å². The lowest BCUT2D eigenvalue weighted by Gasteiger charge is -2.02. The Bertz CT molecular complexity index is 598. The van der Waals surface area contributed by atoms with Gasteiger partial charge in [0.1, 0.15) is 5.75 Å². The maximum atomic E-state index is 5.14. The average molecular weight is 215 g/mol. The molecule has 6 heteroatoms. The molecule has 1 N–H and O–H groups in total. The topological polar surface area (TPSA) is 68.6 Å². The average Bonchev–Trinajstić information content (AvgIpc) is 2.89. The minimum atomic E-state index is 0.600. The lowest BCUT2D eigenvalue weighted by Crippen LogP contribution is -1.99.